The molecule has 1 fully saturated rings. The number of hydrogen-bond donors (Lipinski definition) is 1. The smallest absolute Gasteiger partial charge is 0.240 e. The number of rotatable bonds is 4. The highest BCUT2D eigenvalue weighted by molar-refractivity contribution is 8.01. The average Bonchev–Trinajstić information content (AvgIpc) is 2.61. The van der Waals surface area contributed by atoms with Crippen LogP contribution in [0.2, 0.25) is 0 Å². The monoisotopic (exact) mass is 360 g/mol. The maximum atomic E-state index is 12.8. The molecule has 1 N–H and O–H groups in total. The van der Waals surface area contributed by atoms with Crippen LogP contribution in [-0.4, -0.2) is 29.7 Å². The normalized spacial score (nSPS) is 29.2. The van der Waals surface area contributed by atoms with Crippen LogP contribution in [-0.2, 0) is 9.59 Å². The zero-order valence-electron chi connectivity index (χ0n) is 15.3. The molecule has 4 atom stereocenters. The largest absolute Gasteiger partial charge is 0.352 e. The highest BCUT2D eigenvalue weighted by Crippen LogP contribution is 2.40. The molecule has 0 radical (unpaired) electrons. The van der Waals surface area contributed by atoms with Crippen LogP contribution < -0.4 is 10.2 Å². The SMILES string of the molecule is CCC1Sc2ccccc2N(CC(=O)NC2CCCC(C)C2C)C1=O. The van der Waals surface area contributed by atoms with Gasteiger partial charge in [0.1, 0.15) is 6.54 Å². The number of hydrogen-bond acceptors (Lipinski definition) is 3. The van der Waals surface area contributed by atoms with Gasteiger partial charge in [0, 0.05) is 10.9 Å². The zero-order chi connectivity index (χ0) is 18.0. The van der Waals surface area contributed by atoms with Crippen LogP contribution >= 0.6 is 11.8 Å². The van der Waals surface area contributed by atoms with Gasteiger partial charge in [-0.1, -0.05) is 45.7 Å². The Labute approximate surface area is 154 Å². The van der Waals surface area contributed by atoms with Crippen molar-refractivity contribution >= 4 is 29.3 Å². The molecule has 1 aliphatic carbocycles. The number of fused-ring (bicyclic) bond motifs is 1. The van der Waals surface area contributed by atoms with E-state index in [1.807, 2.05) is 31.2 Å². The predicted molar refractivity (Wildman–Crippen MR) is 103 cm³/mol. The van der Waals surface area contributed by atoms with Gasteiger partial charge in [0.2, 0.25) is 11.8 Å². The third-order valence-corrected chi connectivity index (χ3v) is 7.11. The Bertz CT molecular complexity index is 648. The summed E-state index contributed by atoms with van der Waals surface area (Å²) in [5.74, 6) is 1.13. The molecule has 1 aromatic rings. The van der Waals surface area contributed by atoms with Gasteiger partial charge in [-0.25, -0.2) is 0 Å². The quantitative estimate of drug-likeness (QED) is 0.887. The maximum absolute atomic E-state index is 12.8. The van der Waals surface area contributed by atoms with E-state index in [2.05, 4.69) is 19.2 Å². The minimum absolute atomic E-state index is 0.0455. The van der Waals surface area contributed by atoms with Crippen LogP contribution in [0.3, 0.4) is 0 Å². The van der Waals surface area contributed by atoms with E-state index in [1.165, 1.54) is 6.42 Å². The summed E-state index contributed by atoms with van der Waals surface area (Å²) in [5.41, 5.74) is 0.863. The number of thioether (sulfide) groups is 1. The van der Waals surface area contributed by atoms with E-state index in [9.17, 15) is 9.59 Å². The average molecular weight is 361 g/mol. The number of para-hydroxylation sites is 1. The molecule has 0 aromatic heterocycles. The molecule has 1 aromatic carbocycles. The first-order chi connectivity index (χ1) is 12.0. The number of carbonyl (C=O) groups excluding carboxylic acids is 2. The van der Waals surface area contributed by atoms with Crippen molar-refractivity contribution in [1.82, 2.24) is 5.32 Å². The van der Waals surface area contributed by atoms with E-state index in [4.69, 9.17) is 0 Å². The van der Waals surface area contributed by atoms with Crippen molar-refractivity contribution in [3.05, 3.63) is 24.3 Å². The van der Waals surface area contributed by atoms with Crippen LogP contribution in [0.4, 0.5) is 5.69 Å². The molecule has 0 saturated heterocycles. The van der Waals surface area contributed by atoms with Crippen molar-refractivity contribution < 1.29 is 9.59 Å². The lowest BCUT2D eigenvalue weighted by Crippen LogP contribution is -2.50. The molecule has 4 nitrogen and oxygen atoms in total. The van der Waals surface area contributed by atoms with Crippen molar-refractivity contribution in [2.75, 3.05) is 11.4 Å². The lowest BCUT2D eigenvalue weighted by atomic mass is 9.78. The third kappa shape index (κ3) is 3.86. The van der Waals surface area contributed by atoms with Crippen LogP contribution in [0, 0.1) is 11.8 Å². The second-order valence-corrected chi connectivity index (χ2v) is 8.59. The number of anilines is 1. The molecule has 2 aliphatic rings. The van der Waals surface area contributed by atoms with E-state index < -0.39 is 0 Å². The van der Waals surface area contributed by atoms with Gasteiger partial charge in [-0.15, -0.1) is 11.8 Å². The van der Waals surface area contributed by atoms with Crippen molar-refractivity contribution in [2.24, 2.45) is 11.8 Å². The first-order valence-corrected chi connectivity index (χ1v) is 10.3. The Morgan fingerprint density at radius 3 is 2.80 bits per heavy atom. The molecular weight excluding hydrogens is 332 g/mol. The van der Waals surface area contributed by atoms with E-state index in [-0.39, 0.29) is 29.7 Å². The fraction of sp³-hybridized carbons (Fsp3) is 0.600. The molecule has 3 rings (SSSR count). The Morgan fingerprint density at radius 1 is 1.28 bits per heavy atom. The number of carbonyl (C=O) groups is 2. The summed E-state index contributed by atoms with van der Waals surface area (Å²) >= 11 is 1.61. The van der Waals surface area contributed by atoms with Crippen molar-refractivity contribution in [2.45, 2.75) is 62.6 Å². The van der Waals surface area contributed by atoms with Gasteiger partial charge in [-0.05, 0) is 36.8 Å². The van der Waals surface area contributed by atoms with E-state index in [0.717, 1.165) is 29.8 Å². The maximum Gasteiger partial charge on any atom is 0.240 e. The molecule has 0 spiro atoms. The fourth-order valence-electron chi connectivity index (χ4n) is 3.88. The third-order valence-electron chi connectivity index (χ3n) is 5.69. The molecule has 4 unspecified atom stereocenters. The Hall–Kier alpha value is -1.49. The fourth-order valence-corrected chi connectivity index (χ4v) is 5.04. The first kappa shape index (κ1) is 18.3. The molecular formula is C20H28N2O2S. The summed E-state index contributed by atoms with van der Waals surface area (Å²) in [6.07, 6.45) is 4.21. The summed E-state index contributed by atoms with van der Waals surface area (Å²) in [5, 5.41) is 3.09. The summed E-state index contributed by atoms with van der Waals surface area (Å²) < 4.78 is 0. The van der Waals surface area contributed by atoms with E-state index >= 15 is 0 Å². The molecule has 1 aliphatic heterocycles. The molecule has 1 heterocycles. The molecule has 136 valence electrons. The van der Waals surface area contributed by atoms with Crippen LogP contribution in [0.15, 0.2) is 29.2 Å². The van der Waals surface area contributed by atoms with Gasteiger partial charge in [0.15, 0.2) is 0 Å². The molecule has 0 bridgehead atoms. The standard InChI is InChI=1S/C20H28N2O2S/c1-4-17-20(24)22(16-10-5-6-11-18(16)25-17)12-19(23)21-15-9-7-8-13(2)14(15)3/h5-6,10-11,13-15,17H,4,7-9,12H2,1-3H3,(H,21,23). The van der Waals surface area contributed by atoms with Gasteiger partial charge in [0.05, 0.1) is 10.9 Å². The highest BCUT2D eigenvalue weighted by Gasteiger charge is 2.34. The summed E-state index contributed by atoms with van der Waals surface area (Å²) in [6, 6.07) is 8.10. The molecule has 2 amide bonds. The summed E-state index contributed by atoms with van der Waals surface area (Å²) in [4.78, 5) is 28.2. The number of amides is 2. The predicted octanol–water partition coefficient (Wildman–Crippen LogP) is 3.84. The molecule has 25 heavy (non-hydrogen) atoms. The minimum atomic E-state index is -0.101. The second-order valence-electron chi connectivity index (χ2n) is 7.35. The molecule has 1 saturated carbocycles. The first-order valence-electron chi connectivity index (χ1n) is 9.37. The van der Waals surface area contributed by atoms with Crippen molar-refractivity contribution in [3.8, 4) is 0 Å². The van der Waals surface area contributed by atoms with Crippen LogP contribution in [0.1, 0.15) is 46.5 Å². The van der Waals surface area contributed by atoms with Gasteiger partial charge >= 0.3 is 0 Å². The van der Waals surface area contributed by atoms with Crippen LogP contribution in [0.5, 0.6) is 0 Å². The van der Waals surface area contributed by atoms with Gasteiger partial charge < -0.3 is 10.2 Å². The van der Waals surface area contributed by atoms with Crippen molar-refractivity contribution in [3.63, 3.8) is 0 Å². The summed E-state index contributed by atoms with van der Waals surface area (Å²) in [6.45, 7) is 6.62. The highest BCUT2D eigenvalue weighted by atomic mass is 32.2. The zero-order valence-corrected chi connectivity index (χ0v) is 16.1. The lowest BCUT2D eigenvalue weighted by Gasteiger charge is -2.36. The summed E-state index contributed by atoms with van der Waals surface area (Å²) in [7, 11) is 0. The Balaban J connectivity index is 1.72. The number of benzene rings is 1. The number of nitrogens with one attached hydrogen (secondary N) is 1. The second kappa shape index (κ2) is 7.81. The van der Waals surface area contributed by atoms with Gasteiger partial charge in [0.25, 0.3) is 0 Å². The van der Waals surface area contributed by atoms with Gasteiger partial charge in [-0.2, -0.15) is 0 Å². The Kier molecular flexibility index (Phi) is 5.72. The minimum Gasteiger partial charge on any atom is -0.352 e. The van der Waals surface area contributed by atoms with Crippen molar-refractivity contribution in [1.29, 1.82) is 0 Å². The Morgan fingerprint density at radius 2 is 2.04 bits per heavy atom. The van der Waals surface area contributed by atoms with Crippen LogP contribution in [0.25, 0.3) is 0 Å². The number of nitrogens with zero attached hydrogens (tertiary/aromatic N) is 1. The topological polar surface area (TPSA) is 49.4 Å². The van der Waals surface area contributed by atoms with Gasteiger partial charge in [-0.3, -0.25) is 9.59 Å². The lowest BCUT2D eigenvalue weighted by molar-refractivity contribution is -0.124. The van der Waals surface area contributed by atoms with E-state index in [0.29, 0.717) is 11.8 Å². The molecule has 5 heteroatoms. The van der Waals surface area contributed by atoms with E-state index in [1.54, 1.807) is 16.7 Å².